The lowest BCUT2D eigenvalue weighted by molar-refractivity contribution is 0.125. The van der Waals surface area contributed by atoms with Crippen molar-refractivity contribution in [3.05, 3.63) is 12.2 Å². The summed E-state index contributed by atoms with van der Waals surface area (Å²) in [6.07, 6.45) is 7.62. The van der Waals surface area contributed by atoms with E-state index in [1.54, 1.807) is 0 Å². The predicted octanol–water partition coefficient (Wildman–Crippen LogP) is 2.17. The van der Waals surface area contributed by atoms with E-state index in [4.69, 9.17) is 0 Å². The van der Waals surface area contributed by atoms with Crippen molar-refractivity contribution in [2.24, 2.45) is 11.8 Å². The van der Waals surface area contributed by atoms with Crippen molar-refractivity contribution in [3.63, 3.8) is 0 Å². The third-order valence-corrected chi connectivity index (χ3v) is 5.66. The number of piperidine rings is 1. The topological polar surface area (TPSA) is 37.2 Å². The van der Waals surface area contributed by atoms with E-state index in [1.165, 1.54) is 51.9 Å². The molecule has 5 rings (SSSR count). The summed E-state index contributed by atoms with van der Waals surface area (Å²) >= 11 is 0. The molecule has 2 atom stereocenters. The van der Waals surface area contributed by atoms with E-state index in [-0.39, 0.29) is 0 Å². The summed E-state index contributed by atoms with van der Waals surface area (Å²) in [5, 5.41) is 8.49. The zero-order chi connectivity index (χ0) is 15.1. The Labute approximate surface area is 133 Å². The van der Waals surface area contributed by atoms with Gasteiger partial charge in [0.15, 0.2) is 0 Å². The zero-order valence-corrected chi connectivity index (χ0v) is 14.0. The van der Waals surface area contributed by atoms with Crippen LogP contribution in [0, 0.1) is 11.8 Å². The number of fused-ring (bicyclic) bond motifs is 4. The van der Waals surface area contributed by atoms with Gasteiger partial charge in [-0.3, -0.25) is 9.80 Å². The van der Waals surface area contributed by atoms with Crippen LogP contribution in [-0.2, 0) is 6.54 Å². The van der Waals surface area contributed by atoms with Gasteiger partial charge in [-0.1, -0.05) is 0 Å². The molecule has 0 unspecified atom stereocenters. The van der Waals surface area contributed by atoms with E-state index in [2.05, 4.69) is 38.4 Å². The maximum absolute atomic E-state index is 4.37. The van der Waals surface area contributed by atoms with Gasteiger partial charge in [0.1, 0.15) is 12.2 Å². The molecule has 0 spiro atoms. The monoisotopic (exact) mass is 303 g/mol. The van der Waals surface area contributed by atoms with Crippen LogP contribution in [0.15, 0.2) is 6.33 Å². The molecule has 1 aromatic heterocycles. The van der Waals surface area contributed by atoms with Gasteiger partial charge in [-0.2, -0.15) is 0 Å². The number of nitrogens with zero attached hydrogens (tertiary/aromatic N) is 5. The number of hydrogen-bond acceptors (Lipinski definition) is 4. The van der Waals surface area contributed by atoms with Crippen molar-refractivity contribution >= 4 is 0 Å². The van der Waals surface area contributed by atoms with E-state index in [1.807, 2.05) is 6.33 Å². The molecule has 1 aliphatic carbocycles. The van der Waals surface area contributed by atoms with Gasteiger partial charge in [-0.15, -0.1) is 10.2 Å². The fraction of sp³-hybridized carbons (Fsp3) is 0.882. The summed E-state index contributed by atoms with van der Waals surface area (Å²) < 4.78 is 2.22. The average molecular weight is 303 g/mol. The standard InChI is InChI=1S/C17H29N5/c1-13(2)22-12-18-19-17(22)11-20-7-15-5-6-16(10-20)21(9-15)8-14-3-4-14/h12-16H,3-11H2,1-2H3/t15-,16+/m1/s1. The Morgan fingerprint density at radius 2 is 2.00 bits per heavy atom. The maximum atomic E-state index is 4.37. The molecule has 2 bridgehead atoms. The Hall–Kier alpha value is -0.940. The van der Waals surface area contributed by atoms with Crippen LogP contribution in [0.5, 0.6) is 0 Å². The van der Waals surface area contributed by atoms with Gasteiger partial charge < -0.3 is 4.57 Å². The molecule has 4 heterocycles. The lowest BCUT2D eigenvalue weighted by Crippen LogP contribution is -2.44. The third kappa shape index (κ3) is 3.06. The zero-order valence-electron chi connectivity index (χ0n) is 14.0. The highest BCUT2D eigenvalue weighted by Gasteiger charge is 2.37. The lowest BCUT2D eigenvalue weighted by Gasteiger charge is -2.36. The molecule has 1 aromatic rings. The smallest absolute Gasteiger partial charge is 0.147 e. The molecule has 3 aliphatic heterocycles. The molecule has 0 radical (unpaired) electrons. The van der Waals surface area contributed by atoms with Crippen LogP contribution < -0.4 is 0 Å². The summed E-state index contributed by atoms with van der Waals surface area (Å²) in [6.45, 7) is 10.5. The first-order valence-corrected chi connectivity index (χ1v) is 9.04. The number of rotatable bonds is 5. The van der Waals surface area contributed by atoms with Crippen molar-refractivity contribution in [2.75, 3.05) is 26.2 Å². The highest BCUT2D eigenvalue weighted by molar-refractivity contribution is 4.95. The van der Waals surface area contributed by atoms with Crippen molar-refractivity contribution in [3.8, 4) is 0 Å². The van der Waals surface area contributed by atoms with Crippen LogP contribution in [0.3, 0.4) is 0 Å². The SMILES string of the molecule is CC(C)n1cnnc1CN1C[C@H]2CC[C@@H](C1)N(CC1CC1)C2. The summed E-state index contributed by atoms with van der Waals surface area (Å²) in [4.78, 5) is 5.44. The minimum Gasteiger partial charge on any atom is -0.314 e. The van der Waals surface area contributed by atoms with Gasteiger partial charge in [-0.25, -0.2) is 0 Å². The highest BCUT2D eigenvalue weighted by Crippen LogP contribution is 2.35. The summed E-state index contributed by atoms with van der Waals surface area (Å²) in [5.41, 5.74) is 0. The normalized spacial score (nSPS) is 30.1. The Bertz CT molecular complexity index is 507. The van der Waals surface area contributed by atoms with E-state index in [0.717, 1.165) is 30.2 Å². The Balaban J connectivity index is 1.44. The van der Waals surface area contributed by atoms with E-state index < -0.39 is 0 Å². The lowest BCUT2D eigenvalue weighted by atomic mass is 9.95. The van der Waals surface area contributed by atoms with Crippen molar-refractivity contribution in [1.82, 2.24) is 24.6 Å². The van der Waals surface area contributed by atoms with Crippen LogP contribution in [0.1, 0.15) is 51.4 Å². The average Bonchev–Trinajstić information content (AvgIpc) is 3.23. The van der Waals surface area contributed by atoms with E-state index >= 15 is 0 Å². The van der Waals surface area contributed by atoms with Gasteiger partial charge in [0.25, 0.3) is 0 Å². The third-order valence-electron chi connectivity index (χ3n) is 5.66. The molecule has 5 heteroatoms. The van der Waals surface area contributed by atoms with Gasteiger partial charge >= 0.3 is 0 Å². The fourth-order valence-corrected chi connectivity index (χ4v) is 4.27. The molecule has 0 aromatic carbocycles. The van der Waals surface area contributed by atoms with Gasteiger partial charge in [0, 0.05) is 38.3 Å². The molecular formula is C17H29N5. The maximum Gasteiger partial charge on any atom is 0.147 e. The molecule has 4 fully saturated rings. The van der Waals surface area contributed by atoms with Crippen LogP contribution in [-0.4, -0.2) is 56.8 Å². The number of aromatic nitrogens is 3. The van der Waals surface area contributed by atoms with Crippen LogP contribution in [0.2, 0.25) is 0 Å². The Morgan fingerprint density at radius 3 is 2.77 bits per heavy atom. The van der Waals surface area contributed by atoms with Gasteiger partial charge in [-0.05, 0) is 51.4 Å². The van der Waals surface area contributed by atoms with Crippen molar-refractivity contribution < 1.29 is 0 Å². The van der Waals surface area contributed by atoms with Crippen LogP contribution >= 0.6 is 0 Å². The van der Waals surface area contributed by atoms with Crippen LogP contribution in [0.25, 0.3) is 0 Å². The predicted molar refractivity (Wildman–Crippen MR) is 86.5 cm³/mol. The van der Waals surface area contributed by atoms with E-state index in [0.29, 0.717) is 6.04 Å². The summed E-state index contributed by atoms with van der Waals surface area (Å²) in [7, 11) is 0. The molecule has 0 N–H and O–H groups in total. The Kier molecular flexibility index (Phi) is 3.95. The van der Waals surface area contributed by atoms with Crippen molar-refractivity contribution in [1.29, 1.82) is 0 Å². The second-order valence-corrected chi connectivity index (χ2v) is 7.94. The molecule has 0 amide bonds. The first kappa shape index (κ1) is 14.6. The quantitative estimate of drug-likeness (QED) is 0.835. The molecule has 5 nitrogen and oxygen atoms in total. The largest absolute Gasteiger partial charge is 0.314 e. The molecule has 22 heavy (non-hydrogen) atoms. The molecule has 1 saturated carbocycles. The minimum atomic E-state index is 0.445. The molecule has 3 saturated heterocycles. The second-order valence-electron chi connectivity index (χ2n) is 7.94. The number of hydrogen-bond donors (Lipinski definition) is 0. The fourth-order valence-electron chi connectivity index (χ4n) is 4.27. The van der Waals surface area contributed by atoms with E-state index in [9.17, 15) is 0 Å². The first-order valence-electron chi connectivity index (χ1n) is 9.04. The van der Waals surface area contributed by atoms with Crippen LogP contribution in [0.4, 0.5) is 0 Å². The summed E-state index contributed by atoms with van der Waals surface area (Å²) in [5.74, 6) is 3.00. The molecular weight excluding hydrogens is 274 g/mol. The van der Waals surface area contributed by atoms with Crippen molar-refractivity contribution in [2.45, 2.75) is 58.2 Å². The van der Waals surface area contributed by atoms with Gasteiger partial charge in [0.05, 0.1) is 6.54 Å². The minimum absolute atomic E-state index is 0.445. The Morgan fingerprint density at radius 1 is 1.14 bits per heavy atom. The summed E-state index contributed by atoms with van der Waals surface area (Å²) in [6, 6.07) is 1.22. The second kappa shape index (κ2) is 5.93. The van der Waals surface area contributed by atoms with Gasteiger partial charge in [0.2, 0.25) is 0 Å². The molecule has 122 valence electrons. The highest BCUT2D eigenvalue weighted by atomic mass is 15.3. The molecule has 4 aliphatic rings. The first-order chi connectivity index (χ1) is 10.7.